The summed E-state index contributed by atoms with van der Waals surface area (Å²) in [6.07, 6.45) is 0.441. The molecule has 1 heterocycles. The van der Waals surface area contributed by atoms with Gasteiger partial charge in [-0.1, -0.05) is 0 Å². The van der Waals surface area contributed by atoms with Crippen molar-refractivity contribution in [1.82, 2.24) is 0 Å². The first-order valence-electron chi connectivity index (χ1n) is 5.43. The van der Waals surface area contributed by atoms with Crippen molar-refractivity contribution in [1.29, 1.82) is 10.5 Å². The molecule has 0 unspecified atom stereocenters. The van der Waals surface area contributed by atoms with E-state index < -0.39 is 0 Å². The van der Waals surface area contributed by atoms with Crippen LogP contribution in [0.25, 0.3) is 0 Å². The van der Waals surface area contributed by atoms with Crippen LogP contribution in [0.15, 0.2) is 34.4 Å². The number of hydrogen-bond donors (Lipinski definition) is 0. The van der Waals surface area contributed by atoms with Crippen molar-refractivity contribution in [2.45, 2.75) is 11.7 Å². The molecule has 1 amide bonds. The number of allylic oxidation sites excluding steroid dienone is 1. The normalized spacial score (nSPS) is 14.8. The fourth-order valence-electron chi connectivity index (χ4n) is 1.68. The number of anilines is 1. The summed E-state index contributed by atoms with van der Waals surface area (Å²) in [6, 6.07) is 10.5. The summed E-state index contributed by atoms with van der Waals surface area (Å²) >= 11 is 5.78. The van der Waals surface area contributed by atoms with E-state index >= 15 is 0 Å². The summed E-state index contributed by atoms with van der Waals surface area (Å²) < 4.78 is 0.538. The first-order valence-corrected chi connectivity index (χ1v) is 7.87. The van der Waals surface area contributed by atoms with Gasteiger partial charge in [0.25, 0.3) is 0 Å². The second-order valence-corrected chi connectivity index (χ2v) is 6.42. The van der Waals surface area contributed by atoms with E-state index in [2.05, 4.69) is 0 Å². The van der Waals surface area contributed by atoms with Gasteiger partial charge < -0.3 is 0 Å². The molecular formula is C13H8ClN3OSe. The average molecular weight is 337 g/mol. The molecule has 0 N–H and O–H groups in total. The Balaban J connectivity index is 2.52. The molecule has 0 aromatic heterocycles. The minimum absolute atomic E-state index is 0.0167. The van der Waals surface area contributed by atoms with Gasteiger partial charge in [0.1, 0.15) is 0 Å². The quantitative estimate of drug-likeness (QED) is 0.584. The predicted octanol–water partition coefficient (Wildman–Crippen LogP) is 2.46. The third-order valence-electron chi connectivity index (χ3n) is 2.53. The summed E-state index contributed by atoms with van der Waals surface area (Å²) in [5.74, 6) is -0.0894. The predicted molar refractivity (Wildman–Crippen MR) is 72.4 cm³/mol. The molecule has 1 aliphatic rings. The average Bonchev–Trinajstić information content (AvgIpc) is 2.42. The van der Waals surface area contributed by atoms with E-state index in [1.807, 2.05) is 12.1 Å². The molecule has 0 aliphatic carbocycles. The van der Waals surface area contributed by atoms with Crippen molar-refractivity contribution < 1.29 is 4.79 Å². The molecular weight excluding hydrogens is 329 g/mol. The van der Waals surface area contributed by atoms with Crippen molar-refractivity contribution in [3.05, 3.63) is 39.5 Å². The van der Waals surface area contributed by atoms with Gasteiger partial charge in [-0.3, -0.25) is 0 Å². The van der Waals surface area contributed by atoms with Crippen LogP contribution in [0.5, 0.6) is 0 Å². The third kappa shape index (κ3) is 2.80. The summed E-state index contributed by atoms with van der Waals surface area (Å²) in [5, 5.41) is 19.3. The van der Waals surface area contributed by atoms with Crippen LogP contribution >= 0.6 is 11.6 Å². The number of rotatable bonds is 1. The molecule has 1 fully saturated rings. The maximum atomic E-state index is 12.1. The molecule has 1 saturated heterocycles. The molecule has 1 aliphatic heterocycles. The summed E-state index contributed by atoms with van der Waals surface area (Å²) in [7, 11) is 0. The summed E-state index contributed by atoms with van der Waals surface area (Å²) in [4.78, 5) is 13.6. The van der Waals surface area contributed by atoms with Gasteiger partial charge in [-0.15, -0.1) is 0 Å². The Bertz CT molecular complexity index is 609. The standard InChI is InChI=1S/C13H8ClN3OSe/c14-10-1-3-11(4-2-10)17-12(18)5-6-19-13(17)9(7-15)8-16/h1-4H,5-6H2. The molecule has 94 valence electrons. The topological polar surface area (TPSA) is 67.9 Å². The fourth-order valence-corrected chi connectivity index (χ4v) is 3.99. The summed E-state index contributed by atoms with van der Waals surface area (Å²) in [5.41, 5.74) is 0.664. The first kappa shape index (κ1) is 13.6. The van der Waals surface area contributed by atoms with Crippen LogP contribution in [0.3, 0.4) is 0 Å². The van der Waals surface area contributed by atoms with E-state index in [1.165, 1.54) is 4.90 Å². The van der Waals surface area contributed by atoms with E-state index in [-0.39, 0.29) is 26.4 Å². The number of hydrogen-bond acceptors (Lipinski definition) is 3. The van der Waals surface area contributed by atoms with Crippen LogP contribution in [-0.2, 0) is 4.79 Å². The summed E-state index contributed by atoms with van der Waals surface area (Å²) in [6.45, 7) is 0. The molecule has 1 aromatic carbocycles. The molecule has 0 bridgehead atoms. The van der Waals surface area contributed by atoms with Gasteiger partial charge in [-0.05, 0) is 0 Å². The van der Waals surface area contributed by atoms with E-state index in [0.717, 1.165) is 5.32 Å². The van der Waals surface area contributed by atoms with Crippen molar-refractivity contribution in [3.63, 3.8) is 0 Å². The Kier molecular flexibility index (Phi) is 4.24. The Labute approximate surface area is 122 Å². The van der Waals surface area contributed by atoms with Crippen molar-refractivity contribution in [3.8, 4) is 12.1 Å². The second-order valence-electron chi connectivity index (χ2n) is 3.71. The molecule has 19 heavy (non-hydrogen) atoms. The van der Waals surface area contributed by atoms with Gasteiger partial charge in [-0.25, -0.2) is 0 Å². The van der Waals surface area contributed by atoms with Gasteiger partial charge >= 0.3 is 122 Å². The van der Waals surface area contributed by atoms with Crippen molar-refractivity contribution >= 4 is 38.2 Å². The van der Waals surface area contributed by atoms with E-state index in [4.69, 9.17) is 22.1 Å². The van der Waals surface area contributed by atoms with E-state index in [1.54, 1.807) is 24.3 Å². The number of amides is 1. The van der Waals surface area contributed by atoms with Crippen molar-refractivity contribution in [2.24, 2.45) is 0 Å². The van der Waals surface area contributed by atoms with E-state index in [0.29, 0.717) is 21.7 Å². The van der Waals surface area contributed by atoms with Gasteiger partial charge in [-0.2, -0.15) is 0 Å². The SMILES string of the molecule is N#CC(C#N)=C1[Se]CCC(=O)N1c1ccc(Cl)cc1. The molecule has 0 atom stereocenters. The number of benzene rings is 1. The van der Waals surface area contributed by atoms with Gasteiger partial charge in [0.15, 0.2) is 0 Å². The number of halogens is 1. The molecule has 4 nitrogen and oxygen atoms in total. The zero-order valence-corrected chi connectivity index (χ0v) is 12.2. The van der Waals surface area contributed by atoms with Crippen LogP contribution in [0.4, 0.5) is 5.69 Å². The van der Waals surface area contributed by atoms with Gasteiger partial charge in [0.2, 0.25) is 0 Å². The van der Waals surface area contributed by atoms with Crippen LogP contribution in [0, 0.1) is 22.7 Å². The number of nitriles is 2. The zero-order valence-electron chi connectivity index (χ0n) is 9.76. The first-order chi connectivity index (χ1) is 9.17. The van der Waals surface area contributed by atoms with E-state index in [9.17, 15) is 4.79 Å². The Morgan fingerprint density at radius 1 is 1.26 bits per heavy atom. The Morgan fingerprint density at radius 3 is 2.47 bits per heavy atom. The Hall–Kier alpha value is -1.78. The van der Waals surface area contributed by atoms with Crippen LogP contribution in [-0.4, -0.2) is 20.9 Å². The Morgan fingerprint density at radius 2 is 1.89 bits per heavy atom. The van der Waals surface area contributed by atoms with Crippen LogP contribution in [0.1, 0.15) is 6.42 Å². The molecule has 0 radical (unpaired) electrons. The van der Waals surface area contributed by atoms with Crippen molar-refractivity contribution in [2.75, 3.05) is 4.90 Å². The maximum absolute atomic E-state index is 12.1. The molecule has 1 aromatic rings. The number of carbonyl (C=O) groups excluding carboxylic acids is 1. The second kappa shape index (κ2) is 5.91. The van der Waals surface area contributed by atoms with Gasteiger partial charge in [0, 0.05) is 0 Å². The molecule has 2 rings (SSSR count). The third-order valence-corrected chi connectivity index (χ3v) is 5.02. The number of nitrogens with zero attached hydrogens (tertiary/aromatic N) is 3. The monoisotopic (exact) mass is 337 g/mol. The van der Waals surface area contributed by atoms with Crippen LogP contribution < -0.4 is 4.90 Å². The molecule has 0 spiro atoms. The van der Waals surface area contributed by atoms with Crippen LogP contribution in [0.2, 0.25) is 10.3 Å². The molecule has 0 saturated carbocycles. The van der Waals surface area contributed by atoms with Gasteiger partial charge in [0.05, 0.1) is 0 Å². The zero-order chi connectivity index (χ0) is 13.8. The minimum atomic E-state index is -0.0894. The molecule has 6 heteroatoms. The number of carbonyl (C=O) groups is 1. The fraction of sp³-hybridized carbons (Fsp3) is 0.154.